The largest absolute Gasteiger partial charge is 0.497 e. The van der Waals surface area contributed by atoms with Gasteiger partial charge in [0.2, 0.25) is 0 Å². The van der Waals surface area contributed by atoms with Gasteiger partial charge >= 0.3 is 11.9 Å². The molecule has 1 heterocycles. The molecule has 1 aliphatic rings. The third kappa shape index (κ3) is 7.74. The van der Waals surface area contributed by atoms with E-state index in [0.717, 1.165) is 11.1 Å². The zero-order valence-corrected chi connectivity index (χ0v) is 25.8. The maximum Gasteiger partial charge on any atom is 0.335 e. The molecule has 1 fully saturated rings. The number of rotatable bonds is 12. The van der Waals surface area contributed by atoms with E-state index in [2.05, 4.69) is 0 Å². The Kier molecular flexibility index (Phi) is 10.0. The Morgan fingerprint density at radius 3 is 2.04 bits per heavy atom. The van der Waals surface area contributed by atoms with Crippen LogP contribution in [0.25, 0.3) is 6.08 Å². The van der Waals surface area contributed by atoms with Crippen molar-refractivity contribution in [3.05, 3.63) is 124 Å². The topological polar surface area (TPSA) is 135 Å². The van der Waals surface area contributed by atoms with Crippen molar-refractivity contribution in [1.29, 1.82) is 0 Å². The van der Waals surface area contributed by atoms with Gasteiger partial charge in [-0.2, -0.15) is 0 Å². The fraction of sp³-hybridized carbons (Fsp3) is 0.143. The quantitative estimate of drug-likeness (QED) is 0.159. The van der Waals surface area contributed by atoms with Crippen LogP contribution in [0.15, 0.2) is 101 Å². The molecule has 1 amide bonds. The number of hydrogen-bond acceptors (Lipinski definition) is 8. The van der Waals surface area contributed by atoms with Crippen molar-refractivity contribution in [2.45, 2.75) is 20.1 Å². The van der Waals surface area contributed by atoms with Crippen molar-refractivity contribution in [3.8, 4) is 17.2 Å². The summed E-state index contributed by atoms with van der Waals surface area (Å²) in [6, 6.07) is 25.4. The Balaban J connectivity index is 1.40. The molecule has 0 saturated carbocycles. The fourth-order valence-electron chi connectivity index (χ4n) is 4.49. The molecule has 0 atom stereocenters. The maximum absolute atomic E-state index is 13.7. The van der Waals surface area contributed by atoms with Gasteiger partial charge in [-0.05, 0) is 102 Å². The van der Waals surface area contributed by atoms with Crippen LogP contribution in [0, 0.1) is 0 Å². The van der Waals surface area contributed by atoms with Gasteiger partial charge in [-0.15, -0.1) is 0 Å². The first-order valence-corrected chi connectivity index (χ1v) is 15.0. The number of thioether (sulfide) groups is 1. The van der Waals surface area contributed by atoms with Crippen LogP contribution in [0.3, 0.4) is 0 Å². The van der Waals surface area contributed by atoms with Crippen molar-refractivity contribution in [2.24, 2.45) is 4.99 Å². The van der Waals surface area contributed by atoms with Crippen molar-refractivity contribution in [1.82, 2.24) is 4.90 Å². The molecule has 0 aliphatic carbocycles. The highest BCUT2D eigenvalue weighted by Crippen LogP contribution is 2.37. The molecule has 0 aromatic heterocycles. The Morgan fingerprint density at radius 2 is 1.46 bits per heavy atom. The van der Waals surface area contributed by atoms with Crippen molar-refractivity contribution in [2.75, 3.05) is 13.7 Å². The van der Waals surface area contributed by atoms with Gasteiger partial charge in [-0.25, -0.2) is 14.6 Å². The zero-order chi connectivity index (χ0) is 32.6. The molecule has 2 N–H and O–H groups in total. The Hall–Kier alpha value is -5.55. The Bertz CT molecular complexity index is 1800. The second-order valence-corrected chi connectivity index (χ2v) is 11.0. The van der Waals surface area contributed by atoms with E-state index in [1.807, 2.05) is 13.0 Å². The first-order valence-electron chi connectivity index (χ1n) is 14.2. The number of hydrogen-bond donors (Lipinski definition) is 2. The first-order chi connectivity index (χ1) is 22.2. The summed E-state index contributed by atoms with van der Waals surface area (Å²) in [5.74, 6) is -0.580. The number of carbonyl (C=O) groups is 3. The highest BCUT2D eigenvalue weighted by atomic mass is 32.2. The number of aliphatic imine (C=N–C) groups is 1. The average Bonchev–Trinajstić information content (AvgIpc) is 3.34. The lowest BCUT2D eigenvalue weighted by molar-refractivity contribution is -0.122. The molecule has 0 bridgehead atoms. The van der Waals surface area contributed by atoms with Gasteiger partial charge in [0.15, 0.2) is 16.7 Å². The molecule has 0 spiro atoms. The third-order valence-corrected chi connectivity index (χ3v) is 7.89. The SMILES string of the molecule is CCOc1cc(/C=C2\SC(=Nc3ccc(OC)cc3)N(Cc3ccc(C(=O)O)cc3)C2=O)ccc1OCc1ccc(C(=O)O)cc1. The number of ether oxygens (including phenoxy) is 3. The molecule has 4 aromatic carbocycles. The second-order valence-electron chi connectivity index (χ2n) is 10.0. The van der Waals surface area contributed by atoms with Gasteiger partial charge in [0, 0.05) is 0 Å². The fourth-order valence-corrected chi connectivity index (χ4v) is 5.49. The molecule has 11 heteroatoms. The molecule has 1 aliphatic heterocycles. The summed E-state index contributed by atoms with van der Waals surface area (Å²) in [7, 11) is 1.58. The minimum Gasteiger partial charge on any atom is -0.497 e. The number of amides is 1. The van der Waals surface area contributed by atoms with Crippen LogP contribution in [0.4, 0.5) is 5.69 Å². The molecule has 5 rings (SSSR count). The summed E-state index contributed by atoms with van der Waals surface area (Å²) in [4.78, 5) is 42.9. The minimum absolute atomic E-state index is 0.159. The molecule has 0 radical (unpaired) electrons. The van der Waals surface area contributed by atoms with Crippen LogP contribution < -0.4 is 14.2 Å². The number of carboxylic acids is 2. The number of amidine groups is 1. The molecule has 0 unspecified atom stereocenters. The highest BCUT2D eigenvalue weighted by Gasteiger charge is 2.33. The van der Waals surface area contributed by atoms with Gasteiger partial charge in [-0.1, -0.05) is 30.3 Å². The lowest BCUT2D eigenvalue weighted by atomic mass is 10.1. The van der Waals surface area contributed by atoms with Crippen molar-refractivity contribution < 1.29 is 38.8 Å². The van der Waals surface area contributed by atoms with Crippen LogP contribution in [0.5, 0.6) is 17.2 Å². The maximum atomic E-state index is 13.7. The van der Waals surface area contributed by atoms with Crippen LogP contribution in [0.2, 0.25) is 0 Å². The molecule has 1 saturated heterocycles. The molecule has 234 valence electrons. The predicted octanol–water partition coefficient (Wildman–Crippen LogP) is 6.87. The van der Waals surface area contributed by atoms with Gasteiger partial charge in [0.25, 0.3) is 5.91 Å². The Labute approximate surface area is 269 Å². The van der Waals surface area contributed by atoms with Crippen molar-refractivity contribution in [3.63, 3.8) is 0 Å². The van der Waals surface area contributed by atoms with E-state index in [-0.39, 0.29) is 30.2 Å². The number of benzene rings is 4. The second kappa shape index (κ2) is 14.5. The van der Waals surface area contributed by atoms with Crippen LogP contribution in [-0.4, -0.2) is 51.8 Å². The van der Waals surface area contributed by atoms with E-state index in [4.69, 9.17) is 24.3 Å². The van der Waals surface area contributed by atoms with Gasteiger partial charge in [0.1, 0.15) is 12.4 Å². The van der Waals surface area contributed by atoms with E-state index in [1.54, 1.807) is 78.7 Å². The predicted molar refractivity (Wildman–Crippen MR) is 175 cm³/mol. The summed E-state index contributed by atoms with van der Waals surface area (Å²) in [5.41, 5.74) is 3.26. The summed E-state index contributed by atoms with van der Waals surface area (Å²) in [6.45, 7) is 2.66. The summed E-state index contributed by atoms with van der Waals surface area (Å²) in [6.07, 6.45) is 1.76. The molecule has 10 nitrogen and oxygen atoms in total. The summed E-state index contributed by atoms with van der Waals surface area (Å²) >= 11 is 1.24. The normalized spacial score (nSPS) is 14.5. The van der Waals surface area contributed by atoms with Crippen LogP contribution in [0.1, 0.15) is 44.3 Å². The van der Waals surface area contributed by atoms with Crippen LogP contribution >= 0.6 is 11.8 Å². The van der Waals surface area contributed by atoms with E-state index in [0.29, 0.717) is 45.2 Å². The van der Waals surface area contributed by atoms with Gasteiger partial charge in [0.05, 0.1) is 42.0 Å². The standard InChI is InChI=1S/C35H30N2O8S/c1-3-44-30-18-24(8-17-29(30)45-21-23-6-11-26(12-7-23)34(41)42)19-31-32(38)37(20-22-4-9-25(10-5-22)33(39)40)35(46-31)36-27-13-15-28(43-2)16-14-27/h4-19H,3,20-21H2,1-2H3,(H,39,40)(H,41,42)/b31-19-,36-35?. The highest BCUT2D eigenvalue weighted by molar-refractivity contribution is 8.18. The van der Waals surface area contributed by atoms with Gasteiger partial charge in [-0.3, -0.25) is 9.69 Å². The average molecular weight is 639 g/mol. The number of aromatic carboxylic acids is 2. The van der Waals surface area contributed by atoms with Crippen molar-refractivity contribution >= 4 is 46.5 Å². The number of carboxylic acid groups (broad SMARTS) is 2. The van der Waals surface area contributed by atoms with E-state index < -0.39 is 11.9 Å². The summed E-state index contributed by atoms with van der Waals surface area (Å²) in [5, 5.41) is 18.9. The van der Waals surface area contributed by atoms with Crippen LogP contribution in [-0.2, 0) is 17.9 Å². The zero-order valence-electron chi connectivity index (χ0n) is 25.0. The molecule has 46 heavy (non-hydrogen) atoms. The number of nitrogens with zero attached hydrogens (tertiary/aromatic N) is 2. The molecular formula is C35H30N2O8S. The monoisotopic (exact) mass is 638 g/mol. The smallest absolute Gasteiger partial charge is 0.335 e. The van der Waals surface area contributed by atoms with E-state index in [9.17, 15) is 19.5 Å². The molecular weight excluding hydrogens is 608 g/mol. The Morgan fingerprint density at radius 1 is 0.826 bits per heavy atom. The van der Waals surface area contributed by atoms with E-state index in [1.165, 1.54) is 36.0 Å². The third-order valence-electron chi connectivity index (χ3n) is 6.89. The van der Waals surface area contributed by atoms with E-state index >= 15 is 0 Å². The molecule has 4 aromatic rings. The first kappa shape index (κ1) is 31.9. The lowest BCUT2D eigenvalue weighted by Crippen LogP contribution is -2.28. The minimum atomic E-state index is -1.02. The number of carbonyl (C=O) groups excluding carboxylic acids is 1. The lowest BCUT2D eigenvalue weighted by Gasteiger charge is -2.16. The summed E-state index contributed by atoms with van der Waals surface area (Å²) < 4.78 is 17.1. The number of methoxy groups -OCH3 is 1. The van der Waals surface area contributed by atoms with Gasteiger partial charge < -0.3 is 24.4 Å².